The van der Waals surface area contributed by atoms with Crippen LogP contribution in [0.5, 0.6) is 0 Å². The van der Waals surface area contributed by atoms with Crippen LogP contribution in [-0.2, 0) is 20.0 Å². The number of hydrogen-bond donors (Lipinski definition) is 1. The summed E-state index contributed by atoms with van der Waals surface area (Å²) in [7, 11) is 2.07. The Morgan fingerprint density at radius 1 is 1.43 bits per heavy atom. The fraction of sp³-hybridized carbons (Fsp3) is 0.824. The van der Waals surface area contributed by atoms with Gasteiger partial charge in [-0.25, -0.2) is 0 Å². The first-order chi connectivity index (χ1) is 9.80. The van der Waals surface area contributed by atoms with Crippen LogP contribution in [0.15, 0.2) is 6.07 Å². The molecule has 0 bridgehead atoms. The highest BCUT2D eigenvalue weighted by Crippen LogP contribution is 2.22. The van der Waals surface area contributed by atoms with Crippen molar-refractivity contribution in [2.45, 2.75) is 65.6 Å². The van der Waals surface area contributed by atoms with Gasteiger partial charge in [-0.3, -0.25) is 9.58 Å². The molecule has 1 aliphatic heterocycles. The van der Waals surface area contributed by atoms with Gasteiger partial charge in [0.1, 0.15) is 0 Å². The van der Waals surface area contributed by atoms with E-state index in [0.717, 1.165) is 32.0 Å². The number of piperazine rings is 1. The Labute approximate surface area is 129 Å². The maximum Gasteiger partial charge on any atom is 0.0625 e. The van der Waals surface area contributed by atoms with E-state index in [4.69, 9.17) is 0 Å². The zero-order valence-electron chi connectivity index (χ0n) is 14.6. The summed E-state index contributed by atoms with van der Waals surface area (Å²) >= 11 is 0. The van der Waals surface area contributed by atoms with E-state index in [0.29, 0.717) is 6.04 Å². The lowest BCUT2D eigenvalue weighted by molar-refractivity contribution is 0.0738. The number of hydrogen-bond acceptors (Lipinski definition) is 3. The van der Waals surface area contributed by atoms with Gasteiger partial charge in [0.15, 0.2) is 0 Å². The summed E-state index contributed by atoms with van der Waals surface area (Å²) in [5, 5.41) is 8.29. The molecule has 0 aromatic carbocycles. The second-order valence-corrected chi connectivity index (χ2v) is 7.56. The van der Waals surface area contributed by atoms with E-state index in [1.807, 2.05) is 0 Å². The summed E-state index contributed by atoms with van der Waals surface area (Å²) in [5.74, 6) is 0.734. The third-order valence-electron chi connectivity index (χ3n) is 4.43. The molecule has 1 aliphatic rings. The molecule has 21 heavy (non-hydrogen) atoms. The first-order valence-corrected chi connectivity index (χ1v) is 8.31. The van der Waals surface area contributed by atoms with Gasteiger partial charge in [0.25, 0.3) is 0 Å². The standard InChI is InChI=1S/C17H32N4/c1-7-14-9-16(20(6)19-14)11-21-12-17(4,5)18-10-15(21)8-13(2)3/h9,13,15,18H,7-8,10-12H2,1-6H3. The molecule has 1 aromatic heterocycles. The third kappa shape index (κ3) is 4.30. The molecule has 1 N–H and O–H groups in total. The molecule has 4 nitrogen and oxygen atoms in total. The van der Waals surface area contributed by atoms with Crippen molar-refractivity contribution in [3.05, 3.63) is 17.5 Å². The normalized spacial score (nSPS) is 22.9. The second-order valence-electron chi connectivity index (χ2n) is 7.56. The van der Waals surface area contributed by atoms with Gasteiger partial charge in [-0.2, -0.15) is 5.10 Å². The first-order valence-electron chi connectivity index (χ1n) is 8.31. The number of nitrogens with one attached hydrogen (secondary N) is 1. The van der Waals surface area contributed by atoms with Crippen molar-refractivity contribution in [2.24, 2.45) is 13.0 Å². The van der Waals surface area contributed by atoms with Crippen molar-refractivity contribution in [1.29, 1.82) is 0 Å². The predicted octanol–water partition coefficient (Wildman–Crippen LogP) is 2.58. The lowest BCUT2D eigenvalue weighted by atomic mass is 9.94. The molecular formula is C17H32N4. The summed E-state index contributed by atoms with van der Waals surface area (Å²) in [4.78, 5) is 2.65. The van der Waals surface area contributed by atoms with Crippen LogP contribution in [-0.4, -0.2) is 39.4 Å². The molecule has 1 unspecified atom stereocenters. The quantitative estimate of drug-likeness (QED) is 0.905. The fourth-order valence-corrected chi connectivity index (χ4v) is 3.28. The Kier molecular flexibility index (Phi) is 5.10. The SMILES string of the molecule is CCc1cc(CN2CC(C)(C)NCC2CC(C)C)n(C)n1. The molecule has 2 rings (SSSR count). The number of nitrogens with zero attached hydrogens (tertiary/aromatic N) is 3. The zero-order valence-corrected chi connectivity index (χ0v) is 14.6. The zero-order chi connectivity index (χ0) is 15.6. The minimum atomic E-state index is 0.194. The molecule has 0 saturated carbocycles. The second kappa shape index (κ2) is 6.49. The predicted molar refractivity (Wildman–Crippen MR) is 88.3 cm³/mol. The number of rotatable bonds is 5. The van der Waals surface area contributed by atoms with Crippen molar-refractivity contribution in [3.8, 4) is 0 Å². The van der Waals surface area contributed by atoms with Gasteiger partial charge in [-0.15, -0.1) is 0 Å². The molecule has 1 atom stereocenters. The van der Waals surface area contributed by atoms with Crippen molar-refractivity contribution >= 4 is 0 Å². The van der Waals surface area contributed by atoms with Crippen LogP contribution in [0.3, 0.4) is 0 Å². The molecule has 1 aromatic rings. The van der Waals surface area contributed by atoms with Gasteiger partial charge >= 0.3 is 0 Å². The summed E-state index contributed by atoms with van der Waals surface area (Å²) in [5.41, 5.74) is 2.72. The number of aromatic nitrogens is 2. The number of aryl methyl sites for hydroxylation is 2. The molecule has 0 spiro atoms. The van der Waals surface area contributed by atoms with Gasteiger partial charge in [0.2, 0.25) is 0 Å². The molecule has 120 valence electrons. The largest absolute Gasteiger partial charge is 0.309 e. The molecule has 1 saturated heterocycles. The van der Waals surface area contributed by atoms with Crippen LogP contribution in [0.2, 0.25) is 0 Å². The van der Waals surface area contributed by atoms with Crippen LogP contribution in [0, 0.1) is 5.92 Å². The Morgan fingerprint density at radius 3 is 2.71 bits per heavy atom. The van der Waals surface area contributed by atoms with Gasteiger partial charge in [-0.1, -0.05) is 20.8 Å². The van der Waals surface area contributed by atoms with Crippen molar-refractivity contribution in [1.82, 2.24) is 20.0 Å². The van der Waals surface area contributed by atoms with Crippen molar-refractivity contribution < 1.29 is 0 Å². The molecule has 0 radical (unpaired) electrons. The molecule has 0 amide bonds. The van der Waals surface area contributed by atoms with Gasteiger partial charge in [0.05, 0.1) is 11.4 Å². The van der Waals surface area contributed by atoms with Crippen LogP contribution in [0.4, 0.5) is 0 Å². The Hall–Kier alpha value is -0.870. The Morgan fingerprint density at radius 2 is 2.14 bits per heavy atom. The summed E-state index contributed by atoms with van der Waals surface area (Å²) in [6, 6.07) is 2.89. The monoisotopic (exact) mass is 292 g/mol. The highest BCUT2D eigenvalue weighted by Gasteiger charge is 2.33. The summed E-state index contributed by atoms with van der Waals surface area (Å²) in [6.45, 7) is 14.6. The van der Waals surface area contributed by atoms with E-state index in [1.165, 1.54) is 17.8 Å². The van der Waals surface area contributed by atoms with E-state index in [2.05, 4.69) is 67.7 Å². The van der Waals surface area contributed by atoms with Gasteiger partial charge in [-0.05, 0) is 38.7 Å². The van der Waals surface area contributed by atoms with Crippen LogP contribution in [0.25, 0.3) is 0 Å². The fourth-order valence-electron chi connectivity index (χ4n) is 3.28. The molecular weight excluding hydrogens is 260 g/mol. The van der Waals surface area contributed by atoms with Crippen LogP contribution >= 0.6 is 0 Å². The highest BCUT2D eigenvalue weighted by molar-refractivity contribution is 5.11. The summed E-state index contributed by atoms with van der Waals surface area (Å²) < 4.78 is 2.06. The Bertz CT molecular complexity index is 461. The summed E-state index contributed by atoms with van der Waals surface area (Å²) in [6.07, 6.45) is 2.26. The van der Waals surface area contributed by atoms with Gasteiger partial charge < -0.3 is 5.32 Å². The third-order valence-corrected chi connectivity index (χ3v) is 4.43. The maximum absolute atomic E-state index is 4.59. The van der Waals surface area contributed by atoms with Gasteiger partial charge in [0, 0.05) is 38.3 Å². The van der Waals surface area contributed by atoms with E-state index in [1.54, 1.807) is 0 Å². The van der Waals surface area contributed by atoms with E-state index in [-0.39, 0.29) is 5.54 Å². The molecule has 4 heteroatoms. The average molecular weight is 292 g/mol. The average Bonchev–Trinajstić information content (AvgIpc) is 2.73. The smallest absolute Gasteiger partial charge is 0.0625 e. The Balaban J connectivity index is 2.13. The van der Waals surface area contributed by atoms with E-state index < -0.39 is 0 Å². The first kappa shape index (κ1) is 16.5. The van der Waals surface area contributed by atoms with Crippen LogP contribution < -0.4 is 5.32 Å². The minimum Gasteiger partial charge on any atom is -0.309 e. The molecule has 0 aliphatic carbocycles. The molecule has 1 fully saturated rings. The molecule has 2 heterocycles. The van der Waals surface area contributed by atoms with E-state index in [9.17, 15) is 0 Å². The topological polar surface area (TPSA) is 33.1 Å². The lowest BCUT2D eigenvalue weighted by Gasteiger charge is -2.45. The lowest BCUT2D eigenvalue weighted by Crippen LogP contribution is -2.61. The van der Waals surface area contributed by atoms with Crippen LogP contribution in [0.1, 0.15) is 52.4 Å². The van der Waals surface area contributed by atoms with Crippen molar-refractivity contribution in [2.75, 3.05) is 13.1 Å². The van der Waals surface area contributed by atoms with E-state index >= 15 is 0 Å². The highest BCUT2D eigenvalue weighted by atomic mass is 15.3. The maximum atomic E-state index is 4.59. The minimum absolute atomic E-state index is 0.194. The van der Waals surface area contributed by atoms with Crippen molar-refractivity contribution in [3.63, 3.8) is 0 Å².